The van der Waals surface area contributed by atoms with Crippen molar-refractivity contribution in [3.63, 3.8) is 0 Å². The molecule has 3 fully saturated rings. The molecule has 2 bridgehead atoms. The van der Waals surface area contributed by atoms with Crippen LogP contribution in [-0.4, -0.2) is 69.3 Å². The number of aliphatic hydroxyl groups is 1. The van der Waals surface area contributed by atoms with Crippen LogP contribution in [-0.2, 0) is 19.1 Å². The van der Waals surface area contributed by atoms with Gasteiger partial charge < -0.3 is 24.7 Å². The van der Waals surface area contributed by atoms with Crippen LogP contribution in [0.3, 0.4) is 0 Å². The molecule has 2 unspecified atom stereocenters. The summed E-state index contributed by atoms with van der Waals surface area (Å²) in [6.07, 6.45) is 2.97. The molecule has 3 heterocycles. The second-order valence-corrected chi connectivity index (χ2v) is 9.93. The number of hydrogen-bond donors (Lipinski definition) is 2. The van der Waals surface area contributed by atoms with E-state index >= 15 is 0 Å². The molecule has 0 radical (unpaired) electrons. The first-order valence-electron chi connectivity index (χ1n) is 11.9. The van der Waals surface area contributed by atoms with Crippen LogP contribution in [0.2, 0.25) is 0 Å². The number of ether oxygens (including phenoxy) is 1. The van der Waals surface area contributed by atoms with E-state index in [9.17, 15) is 24.6 Å². The maximum absolute atomic E-state index is 14.4. The van der Waals surface area contributed by atoms with Gasteiger partial charge in [0, 0.05) is 12.2 Å². The molecule has 2 N–H and O–H groups in total. The fraction of sp³-hybridized carbons (Fsp3) is 0.577. The fourth-order valence-electron chi connectivity index (χ4n) is 6.67. The predicted octanol–water partition coefficient (Wildman–Crippen LogP) is 2.44. The number of aryl methyl sites for hydroxylation is 2. The van der Waals surface area contributed by atoms with Gasteiger partial charge >= 0.3 is 5.97 Å². The molecule has 4 rings (SSSR count). The monoisotopic (exact) mass is 470 g/mol. The van der Waals surface area contributed by atoms with Crippen molar-refractivity contribution >= 4 is 23.5 Å². The summed E-state index contributed by atoms with van der Waals surface area (Å²) in [5, 5.41) is 20.1. The molecule has 3 saturated heterocycles. The highest BCUT2D eigenvalue weighted by Crippen LogP contribution is 2.64. The zero-order valence-corrected chi connectivity index (χ0v) is 20.3. The molecule has 8 heteroatoms. The zero-order chi connectivity index (χ0) is 25.0. The number of hydrogen-bond acceptors (Lipinski definition) is 5. The van der Waals surface area contributed by atoms with Crippen molar-refractivity contribution in [2.75, 3.05) is 18.1 Å². The summed E-state index contributed by atoms with van der Waals surface area (Å²) in [7, 11) is 0. The highest BCUT2D eigenvalue weighted by atomic mass is 16.5. The number of para-hydroxylation sites is 1. The number of carbonyl (C=O) groups is 3. The van der Waals surface area contributed by atoms with Crippen LogP contribution in [0.15, 0.2) is 30.9 Å². The van der Waals surface area contributed by atoms with Crippen molar-refractivity contribution in [1.82, 2.24) is 4.90 Å². The maximum atomic E-state index is 14.4. The van der Waals surface area contributed by atoms with Gasteiger partial charge in [-0.15, -0.1) is 6.58 Å². The molecular weight excluding hydrogens is 436 g/mol. The number of anilines is 1. The summed E-state index contributed by atoms with van der Waals surface area (Å²) in [6.45, 7) is 11.1. The first-order valence-corrected chi connectivity index (χ1v) is 11.9. The van der Waals surface area contributed by atoms with Gasteiger partial charge in [-0.05, 0) is 51.2 Å². The van der Waals surface area contributed by atoms with E-state index in [-0.39, 0.29) is 19.1 Å². The summed E-state index contributed by atoms with van der Waals surface area (Å²) in [5.74, 6) is -3.85. The van der Waals surface area contributed by atoms with Crippen LogP contribution >= 0.6 is 0 Å². The predicted molar refractivity (Wildman–Crippen MR) is 126 cm³/mol. The summed E-state index contributed by atoms with van der Waals surface area (Å²) >= 11 is 0. The number of aliphatic hydroxyl groups excluding tert-OH is 1. The van der Waals surface area contributed by atoms with Crippen molar-refractivity contribution in [2.24, 2.45) is 11.8 Å². The standard InChI is InChI=1S/C26H34N2O6/c1-6-13-27(20-15(3)9-8-10-16(20)4)23(31)21-26-12-11-25(7-2,34-26)19(24(32)33)18(26)22(30)28(21)17(5)14-29/h6,8-10,17-19,21,29H,1,7,11-14H2,2-5H3,(H,32,33)/t17-,18+,19+,21?,25-,26?/m1/s1. The zero-order valence-electron chi connectivity index (χ0n) is 20.3. The van der Waals surface area contributed by atoms with E-state index in [1.807, 2.05) is 39.0 Å². The van der Waals surface area contributed by atoms with E-state index in [1.165, 1.54) is 4.90 Å². The third kappa shape index (κ3) is 3.15. The Morgan fingerprint density at radius 2 is 1.97 bits per heavy atom. The van der Waals surface area contributed by atoms with Crippen LogP contribution in [0.1, 0.15) is 44.2 Å². The smallest absolute Gasteiger partial charge is 0.310 e. The third-order valence-corrected chi connectivity index (χ3v) is 8.14. The average molecular weight is 471 g/mol. The molecule has 2 amide bonds. The van der Waals surface area contributed by atoms with Crippen molar-refractivity contribution in [3.8, 4) is 0 Å². The number of nitrogens with zero attached hydrogens (tertiary/aromatic N) is 2. The highest BCUT2D eigenvalue weighted by molar-refractivity contribution is 6.05. The van der Waals surface area contributed by atoms with E-state index in [0.29, 0.717) is 19.3 Å². The van der Waals surface area contributed by atoms with Gasteiger partial charge in [0.2, 0.25) is 5.91 Å². The lowest BCUT2D eigenvalue weighted by Crippen LogP contribution is -2.58. The van der Waals surface area contributed by atoms with Gasteiger partial charge in [0.1, 0.15) is 17.6 Å². The Kier molecular flexibility index (Phi) is 6.10. The Bertz CT molecular complexity index is 1020. The quantitative estimate of drug-likeness (QED) is 0.565. The van der Waals surface area contributed by atoms with E-state index in [2.05, 4.69) is 6.58 Å². The number of benzene rings is 1. The Morgan fingerprint density at radius 3 is 2.50 bits per heavy atom. The second-order valence-electron chi connectivity index (χ2n) is 9.93. The molecule has 0 saturated carbocycles. The topological polar surface area (TPSA) is 107 Å². The third-order valence-electron chi connectivity index (χ3n) is 8.14. The minimum atomic E-state index is -1.24. The molecule has 1 aromatic carbocycles. The molecule has 8 nitrogen and oxygen atoms in total. The average Bonchev–Trinajstić information content (AvgIpc) is 3.41. The van der Waals surface area contributed by atoms with Gasteiger partial charge in [0.05, 0.1) is 24.2 Å². The molecule has 184 valence electrons. The second kappa shape index (κ2) is 8.50. The molecule has 0 aromatic heterocycles. The van der Waals surface area contributed by atoms with E-state index in [0.717, 1.165) is 16.8 Å². The molecule has 3 aliphatic rings. The lowest BCUT2D eigenvalue weighted by molar-refractivity contribution is -0.157. The minimum Gasteiger partial charge on any atom is -0.481 e. The van der Waals surface area contributed by atoms with Gasteiger partial charge in [-0.1, -0.05) is 31.2 Å². The first kappa shape index (κ1) is 24.4. The van der Waals surface area contributed by atoms with Crippen molar-refractivity contribution < 1.29 is 29.3 Å². The number of carboxylic acids is 1. The van der Waals surface area contributed by atoms with E-state index in [1.54, 1.807) is 17.9 Å². The van der Waals surface area contributed by atoms with Crippen molar-refractivity contribution in [2.45, 2.75) is 70.2 Å². The first-order chi connectivity index (χ1) is 16.1. The highest BCUT2D eigenvalue weighted by Gasteiger charge is 2.79. The number of fused-ring (bicyclic) bond motifs is 1. The number of aliphatic carboxylic acids is 1. The van der Waals surface area contributed by atoms with E-state index < -0.39 is 47.0 Å². The van der Waals surface area contributed by atoms with Crippen LogP contribution < -0.4 is 4.90 Å². The Morgan fingerprint density at radius 1 is 1.32 bits per heavy atom. The van der Waals surface area contributed by atoms with Gasteiger partial charge in [0.25, 0.3) is 5.91 Å². The lowest BCUT2D eigenvalue weighted by atomic mass is 9.65. The minimum absolute atomic E-state index is 0.221. The molecule has 0 aliphatic carbocycles. The SMILES string of the molecule is C=CCN(C(=O)C1N([C@H](C)CO)C(=O)[C@@H]2[C@@H](C(=O)O)[C@@]3(CC)CCC12O3)c1c(C)cccc1C. The molecule has 1 spiro atoms. The maximum Gasteiger partial charge on any atom is 0.310 e. The van der Waals surface area contributed by atoms with Crippen molar-refractivity contribution in [3.05, 3.63) is 42.0 Å². The van der Waals surface area contributed by atoms with Crippen LogP contribution in [0.25, 0.3) is 0 Å². The number of likely N-dealkylation sites (tertiary alicyclic amines) is 1. The summed E-state index contributed by atoms with van der Waals surface area (Å²) < 4.78 is 6.55. The largest absolute Gasteiger partial charge is 0.481 e. The molecule has 34 heavy (non-hydrogen) atoms. The van der Waals surface area contributed by atoms with Crippen LogP contribution in [0.5, 0.6) is 0 Å². The molecular formula is C26H34N2O6. The van der Waals surface area contributed by atoms with Gasteiger partial charge in [-0.3, -0.25) is 14.4 Å². The number of rotatable bonds is 8. The summed E-state index contributed by atoms with van der Waals surface area (Å²) in [5.41, 5.74) is 0.331. The Labute approximate surface area is 200 Å². The normalized spacial score (nSPS) is 32.6. The Balaban J connectivity index is 1.89. The van der Waals surface area contributed by atoms with Crippen molar-refractivity contribution in [1.29, 1.82) is 0 Å². The molecule has 3 aliphatic heterocycles. The number of carboxylic acid groups (broad SMARTS) is 1. The van der Waals surface area contributed by atoms with Gasteiger partial charge in [-0.2, -0.15) is 0 Å². The number of carbonyl (C=O) groups excluding carboxylic acids is 2. The fourth-order valence-corrected chi connectivity index (χ4v) is 6.67. The number of amides is 2. The molecule has 6 atom stereocenters. The Hall–Kier alpha value is -2.71. The summed E-state index contributed by atoms with van der Waals surface area (Å²) in [4.78, 5) is 43.6. The van der Waals surface area contributed by atoms with Crippen LogP contribution in [0.4, 0.5) is 5.69 Å². The lowest BCUT2D eigenvalue weighted by Gasteiger charge is -2.39. The van der Waals surface area contributed by atoms with Crippen LogP contribution in [0, 0.1) is 25.7 Å². The molecule has 1 aromatic rings. The summed E-state index contributed by atoms with van der Waals surface area (Å²) in [6, 6.07) is 4.06. The van der Waals surface area contributed by atoms with Gasteiger partial charge in [-0.25, -0.2) is 0 Å². The van der Waals surface area contributed by atoms with E-state index in [4.69, 9.17) is 4.74 Å². The van der Waals surface area contributed by atoms with Gasteiger partial charge in [0.15, 0.2) is 0 Å².